The van der Waals surface area contributed by atoms with Crippen molar-refractivity contribution in [2.75, 3.05) is 18.8 Å². The van der Waals surface area contributed by atoms with Crippen LogP contribution in [0.25, 0.3) is 0 Å². The number of aliphatic carboxylic acids is 1. The van der Waals surface area contributed by atoms with Crippen LogP contribution in [0.2, 0.25) is 0 Å². The lowest BCUT2D eigenvalue weighted by Crippen LogP contribution is -2.54. The number of carboxylic acid groups (broad SMARTS) is 1. The summed E-state index contributed by atoms with van der Waals surface area (Å²) in [5, 5.41) is 11.9. The fourth-order valence-corrected chi connectivity index (χ4v) is 4.75. The third-order valence-corrected chi connectivity index (χ3v) is 6.82. The third-order valence-electron chi connectivity index (χ3n) is 6.82. The third kappa shape index (κ3) is 7.62. The van der Waals surface area contributed by atoms with E-state index in [1.807, 2.05) is 31.2 Å². The van der Waals surface area contributed by atoms with Crippen LogP contribution in [0.15, 0.2) is 42.5 Å². The molecule has 2 heterocycles. The van der Waals surface area contributed by atoms with Crippen LogP contribution in [0.4, 0.5) is 5.82 Å². The minimum atomic E-state index is -0.837. The fourth-order valence-electron chi connectivity index (χ4n) is 4.75. The maximum Gasteiger partial charge on any atom is 0.303 e. The number of carboxylic acids is 1. The van der Waals surface area contributed by atoms with Crippen molar-refractivity contribution >= 4 is 23.5 Å². The van der Waals surface area contributed by atoms with Gasteiger partial charge in [0.15, 0.2) is 5.78 Å². The smallest absolute Gasteiger partial charge is 0.303 e. The molecular formula is C27H36N4O4. The van der Waals surface area contributed by atoms with Gasteiger partial charge in [0.05, 0.1) is 12.1 Å². The van der Waals surface area contributed by atoms with Crippen molar-refractivity contribution in [1.82, 2.24) is 15.2 Å². The Hall–Kier alpha value is -3.26. The molecule has 1 aliphatic rings. The first kappa shape index (κ1) is 26.3. The minimum Gasteiger partial charge on any atom is -0.481 e. The quantitative estimate of drug-likeness (QED) is 0.451. The second-order valence-corrected chi connectivity index (χ2v) is 9.36. The Bertz CT molecular complexity index is 1030. The van der Waals surface area contributed by atoms with Gasteiger partial charge in [-0.1, -0.05) is 36.4 Å². The number of aryl methyl sites for hydroxylation is 2. The van der Waals surface area contributed by atoms with E-state index in [1.54, 1.807) is 13.0 Å². The molecule has 3 rings (SSSR count). The number of anilines is 1. The predicted octanol–water partition coefficient (Wildman–Crippen LogP) is 3.09. The van der Waals surface area contributed by atoms with Crippen molar-refractivity contribution in [2.24, 2.45) is 0 Å². The van der Waals surface area contributed by atoms with Crippen molar-refractivity contribution in [3.05, 3.63) is 59.3 Å². The van der Waals surface area contributed by atoms with E-state index in [0.717, 1.165) is 17.7 Å². The van der Waals surface area contributed by atoms with Gasteiger partial charge >= 0.3 is 5.97 Å². The standard InChI is InChI=1S/C27H36N4O4/c1-18-20(11-13-25(28)29-18)10-12-24(32)19(2)30-27(35)23-17-22(21-7-4-3-5-8-21)14-16-31(23)15-6-9-26(33)34/h3-5,7-8,11,13,19,22-23H,6,9-10,12,14-17H2,1-2H3,(H2,28,29)(H,30,35)(H,33,34)/t19-,22-,23+/m0/s1. The van der Waals surface area contributed by atoms with E-state index in [0.29, 0.717) is 44.6 Å². The zero-order chi connectivity index (χ0) is 25.4. The molecule has 0 spiro atoms. The van der Waals surface area contributed by atoms with E-state index in [-0.39, 0.29) is 24.0 Å². The molecule has 0 unspecified atom stereocenters. The van der Waals surface area contributed by atoms with Gasteiger partial charge in [0.1, 0.15) is 5.82 Å². The topological polar surface area (TPSA) is 126 Å². The molecule has 1 saturated heterocycles. The number of nitrogens with zero attached hydrogens (tertiary/aromatic N) is 2. The summed E-state index contributed by atoms with van der Waals surface area (Å²) in [5.74, 6) is -0.354. The highest BCUT2D eigenvalue weighted by Crippen LogP contribution is 2.32. The molecule has 8 heteroatoms. The number of carbonyl (C=O) groups is 3. The SMILES string of the molecule is Cc1nc(N)ccc1CCC(=O)[C@H](C)NC(=O)[C@H]1C[C@@H](c2ccccc2)CCN1CCCC(=O)O. The van der Waals surface area contributed by atoms with Gasteiger partial charge in [0.2, 0.25) is 5.91 Å². The number of pyridine rings is 1. The van der Waals surface area contributed by atoms with Gasteiger partial charge in [0, 0.05) is 18.5 Å². The van der Waals surface area contributed by atoms with Gasteiger partial charge in [-0.3, -0.25) is 19.3 Å². The Morgan fingerprint density at radius 2 is 1.91 bits per heavy atom. The maximum absolute atomic E-state index is 13.3. The molecular weight excluding hydrogens is 444 g/mol. The number of benzene rings is 1. The molecule has 0 aliphatic carbocycles. The first-order valence-electron chi connectivity index (χ1n) is 12.3. The van der Waals surface area contributed by atoms with Crippen LogP contribution >= 0.6 is 0 Å². The number of nitrogen functional groups attached to an aromatic ring is 1. The molecule has 188 valence electrons. The van der Waals surface area contributed by atoms with Crippen molar-refractivity contribution in [3.8, 4) is 0 Å². The first-order valence-corrected chi connectivity index (χ1v) is 12.3. The molecule has 0 saturated carbocycles. The van der Waals surface area contributed by atoms with Crippen LogP contribution < -0.4 is 11.1 Å². The highest BCUT2D eigenvalue weighted by Gasteiger charge is 2.34. The van der Waals surface area contributed by atoms with Crippen LogP contribution in [-0.2, 0) is 20.8 Å². The van der Waals surface area contributed by atoms with Crippen LogP contribution in [0.5, 0.6) is 0 Å². The molecule has 1 amide bonds. The van der Waals surface area contributed by atoms with Gasteiger partial charge in [0.25, 0.3) is 0 Å². The maximum atomic E-state index is 13.3. The summed E-state index contributed by atoms with van der Waals surface area (Å²) < 4.78 is 0. The van der Waals surface area contributed by atoms with Crippen LogP contribution in [0.3, 0.4) is 0 Å². The Morgan fingerprint density at radius 1 is 1.17 bits per heavy atom. The van der Waals surface area contributed by atoms with Crippen LogP contribution in [0, 0.1) is 6.92 Å². The Morgan fingerprint density at radius 3 is 2.60 bits per heavy atom. The average molecular weight is 481 g/mol. The predicted molar refractivity (Wildman–Crippen MR) is 135 cm³/mol. The number of carbonyl (C=O) groups excluding carboxylic acids is 2. The molecule has 4 N–H and O–H groups in total. The van der Waals surface area contributed by atoms with Crippen molar-refractivity contribution in [1.29, 1.82) is 0 Å². The molecule has 1 aromatic carbocycles. The van der Waals surface area contributed by atoms with Crippen molar-refractivity contribution in [2.45, 2.75) is 70.4 Å². The second kappa shape index (κ2) is 12.4. The summed E-state index contributed by atoms with van der Waals surface area (Å²) in [6.45, 7) is 4.84. The van der Waals surface area contributed by atoms with E-state index in [1.165, 1.54) is 5.56 Å². The van der Waals surface area contributed by atoms with E-state index >= 15 is 0 Å². The molecule has 0 radical (unpaired) electrons. The zero-order valence-corrected chi connectivity index (χ0v) is 20.6. The number of rotatable bonds is 11. The summed E-state index contributed by atoms with van der Waals surface area (Å²) in [6, 6.07) is 12.7. The summed E-state index contributed by atoms with van der Waals surface area (Å²) in [4.78, 5) is 43.4. The highest BCUT2D eigenvalue weighted by atomic mass is 16.4. The van der Waals surface area contributed by atoms with Crippen molar-refractivity contribution < 1.29 is 19.5 Å². The fraction of sp³-hybridized carbons (Fsp3) is 0.481. The van der Waals surface area contributed by atoms with E-state index < -0.39 is 18.1 Å². The van der Waals surface area contributed by atoms with Gasteiger partial charge in [-0.05, 0) is 75.7 Å². The molecule has 1 fully saturated rings. The number of hydrogen-bond donors (Lipinski definition) is 3. The van der Waals surface area contributed by atoms with Gasteiger partial charge in [-0.15, -0.1) is 0 Å². The van der Waals surface area contributed by atoms with Crippen molar-refractivity contribution in [3.63, 3.8) is 0 Å². The molecule has 35 heavy (non-hydrogen) atoms. The number of piperidine rings is 1. The largest absolute Gasteiger partial charge is 0.481 e. The monoisotopic (exact) mass is 480 g/mol. The summed E-state index contributed by atoms with van der Waals surface area (Å²) >= 11 is 0. The highest BCUT2D eigenvalue weighted by molar-refractivity contribution is 5.90. The number of Topliss-reactive ketones (excluding diaryl/α,β-unsaturated/α-hetero) is 1. The molecule has 2 aromatic rings. The van der Waals surface area contributed by atoms with Gasteiger partial charge < -0.3 is 16.2 Å². The Kier molecular flexibility index (Phi) is 9.37. The van der Waals surface area contributed by atoms with Crippen LogP contribution in [0.1, 0.15) is 61.8 Å². The summed E-state index contributed by atoms with van der Waals surface area (Å²) in [5.41, 5.74) is 8.68. The van der Waals surface area contributed by atoms with Gasteiger partial charge in [-0.2, -0.15) is 0 Å². The van der Waals surface area contributed by atoms with Gasteiger partial charge in [-0.25, -0.2) is 4.98 Å². The summed E-state index contributed by atoms with van der Waals surface area (Å²) in [6.07, 6.45) is 2.94. The normalized spacial score (nSPS) is 19.1. The zero-order valence-electron chi connectivity index (χ0n) is 20.6. The van der Waals surface area contributed by atoms with E-state index in [4.69, 9.17) is 10.8 Å². The molecule has 8 nitrogen and oxygen atoms in total. The number of hydrogen-bond acceptors (Lipinski definition) is 6. The lowest BCUT2D eigenvalue weighted by Gasteiger charge is -2.39. The second-order valence-electron chi connectivity index (χ2n) is 9.36. The molecule has 1 aromatic heterocycles. The first-order chi connectivity index (χ1) is 16.7. The van der Waals surface area contributed by atoms with E-state index in [9.17, 15) is 14.4 Å². The number of likely N-dealkylation sites (tertiary alicyclic amines) is 1. The Labute approximate surface area is 206 Å². The Balaban J connectivity index is 1.62. The number of amides is 1. The molecule has 0 bridgehead atoms. The van der Waals surface area contributed by atoms with Crippen LogP contribution in [-0.4, -0.2) is 57.8 Å². The lowest BCUT2D eigenvalue weighted by atomic mass is 9.84. The number of aromatic nitrogens is 1. The number of nitrogens with one attached hydrogen (secondary N) is 1. The minimum absolute atomic E-state index is 0.0394. The van der Waals surface area contributed by atoms with E-state index in [2.05, 4.69) is 27.3 Å². The molecule has 1 aliphatic heterocycles. The average Bonchev–Trinajstić information content (AvgIpc) is 2.83. The summed E-state index contributed by atoms with van der Waals surface area (Å²) in [7, 11) is 0. The lowest BCUT2D eigenvalue weighted by molar-refractivity contribution is -0.137. The number of nitrogens with two attached hydrogens (primary N) is 1. The molecule has 3 atom stereocenters. The number of ketones is 1.